The Balaban J connectivity index is 2.08. The predicted molar refractivity (Wildman–Crippen MR) is 90.2 cm³/mol. The first-order chi connectivity index (χ1) is 10.0. The molecular weight excluding hydrogens is 354 g/mol. The van der Waals surface area contributed by atoms with E-state index < -0.39 is 0 Å². The van der Waals surface area contributed by atoms with Gasteiger partial charge in [0.1, 0.15) is 0 Å². The number of rotatable bonds is 4. The number of amidine groups is 1. The Morgan fingerprint density at radius 3 is 2.62 bits per heavy atom. The molecule has 2 aromatic carbocycles. The fraction of sp³-hybridized carbons (Fsp3) is 0.133. The Labute approximate surface area is 136 Å². The molecule has 0 amide bonds. The van der Waals surface area contributed by atoms with Crippen molar-refractivity contribution in [2.24, 2.45) is 10.9 Å². The van der Waals surface area contributed by atoms with Gasteiger partial charge in [-0.1, -0.05) is 41.0 Å². The van der Waals surface area contributed by atoms with E-state index in [0.717, 1.165) is 26.3 Å². The van der Waals surface area contributed by atoms with E-state index in [-0.39, 0.29) is 5.84 Å². The molecule has 0 spiro atoms. The summed E-state index contributed by atoms with van der Waals surface area (Å²) in [6, 6.07) is 11.3. The molecule has 0 saturated heterocycles. The molecule has 2 aromatic rings. The van der Waals surface area contributed by atoms with Gasteiger partial charge < -0.3 is 16.3 Å². The number of benzene rings is 2. The smallest absolute Gasteiger partial charge is 0.170 e. The molecule has 0 unspecified atom stereocenters. The number of hydrogen-bond acceptors (Lipinski definition) is 3. The lowest BCUT2D eigenvalue weighted by Crippen LogP contribution is -2.13. The van der Waals surface area contributed by atoms with Gasteiger partial charge in [-0.2, -0.15) is 0 Å². The highest BCUT2D eigenvalue weighted by Gasteiger charge is 2.04. The van der Waals surface area contributed by atoms with E-state index in [0.29, 0.717) is 12.1 Å². The van der Waals surface area contributed by atoms with Crippen molar-refractivity contribution in [1.29, 1.82) is 0 Å². The van der Waals surface area contributed by atoms with Crippen LogP contribution in [0.1, 0.15) is 16.7 Å². The summed E-state index contributed by atoms with van der Waals surface area (Å²) in [6.07, 6.45) is 0. The number of nitrogens with one attached hydrogen (secondary N) is 1. The second kappa shape index (κ2) is 6.83. The van der Waals surface area contributed by atoms with Crippen molar-refractivity contribution in [1.82, 2.24) is 0 Å². The molecule has 0 aliphatic carbocycles. The number of hydrogen-bond donors (Lipinski definition) is 3. The number of halogens is 2. The average molecular weight is 369 g/mol. The van der Waals surface area contributed by atoms with E-state index in [1.54, 1.807) is 0 Å². The van der Waals surface area contributed by atoms with Gasteiger partial charge in [-0.05, 0) is 46.1 Å². The summed E-state index contributed by atoms with van der Waals surface area (Å²) in [5.74, 6) is 0.0996. The largest absolute Gasteiger partial charge is 0.409 e. The number of oxime groups is 1. The van der Waals surface area contributed by atoms with Crippen LogP contribution in [0.2, 0.25) is 5.02 Å². The van der Waals surface area contributed by atoms with Gasteiger partial charge >= 0.3 is 0 Å². The monoisotopic (exact) mass is 367 g/mol. The Morgan fingerprint density at radius 2 is 2.00 bits per heavy atom. The number of nitrogens with zero attached hydrogens (tertiary/aromatic N) is 1. The van der Waals surface area contributed by atoms with Crippen molar-refractivity contribution in [3.63, 3.8) is 0 Å². The molecule has 4 nitrogen and oxygen atoms in total. The lowest BCUT2D eigenvalue weighted by atomic mass is 10.1. The molecule has 0 atom stereocenters. The Morgan fingerprint density at radius 1 is 1.33 bits per heavy atom. The van der Waals surface area contributed by atoms with Gasteiger partial charge in [0, 0.05) is 21.6 Å². The van der Waals surface area contributed by atoms with Crippen LogP contribution in [-0.4, -0.2) is 11.0 Å². The maximum Gasteiger partial charge on any atom is 0.170 e. The molecule has 2 rings (SSSR count). The van der Waals surface area contributed by atoms with Gasteiger partial charge in [-0.3, -0.25) is 0 Å². The zero-order chi connectivity index (χ0) is 15.4. The van der Waals surface area contributed by atoms with E-state index in [2.05, 4.69) is 26.4 Å². The lowest BCUT2D eigenvalue weighted by Gasteiger charge is -2.11. The molecule has 0 fully saturated rings. The molecule has 0 heterocycles. The van der Waals surface area contributed by atoms with Gasteiger partial charge in [0.15, 0.2) is 5.84 Å². The minimum Gasteiger partial charge on any atom is -0.409 e. The molecule has 0 bridgehead atoms. The molecule has 4 N–H and O–H groups in total. The molecular formula is C15H15BrClN3O. The fourth-order valence-corrected chi connectivity index (χ4v) is 2.59. The summed E-state index contributed by atoms with van der Waals surface area (Å²) in [5.41, 5.74) is 9.24. The van der Waals surface area contributed by atoms with Crippen LogP contribution in [0.3, 0.4) is 0 Å². The maximum absolute atomic E-state index is 8.62. The van der Waals surface area contributed by atoms with Gasteiger partial charge in [0.05, 0.1) is 5.69 Å². The second-order valence-corrected chi connectivity index (χ2v) is 5.88. The summed E-state index contributed by atoms with van der Waals surface area (Å²) < 4.78 is 0.970. The fourth-order valence-electron chi connectivity index (χ4n) is 1.83. The van der Waals surface area contributed by atoms with Gasteiger partial charge in [-0.25, -0.2) is 0 Å². The minimum absolute atomic E-state index is 0.0996. The number of anilines is 1. The van der Waals surface area contributed by atoms with E-state index >= 15 is 0 Å². The molecule has 6 heteroatoms. The molecule has 0 aromatic heterocycles. The van der Waals surface area contributed by atoms with Crippen LogP contribution in [-0.2, 0) is 6.54 Å². The van der Waals surface area contributed by atoms with E-state index in [4.69, 9.17) is 22.5 Å². The van der Waals surface area contributed by atoms with E-state index in [9.17, 15) is 0 Å². The van der Waals surface area contributed by atoms with E-state index in [1.807, 2.05) is 43.3 Å². The van der Waals surface area contributed by atoms with Crippen molar-refractivity contribution < 1.29 is 5.21 Å². The first kappa shape index (κ1) is 15.7. The first-order valence-electron chi connectivity index (χ1n) is 6.27. The van der Waals surface area contributed by atoms with Crippen LogP contribution < -0.4 is 11.1 Å². The second-order valence-electron chi connectivity index (χ2n) is 4.62. The number of aryl methyl sites for hydroxylation is 1. The Hall–Kier alpha value is -1.72. The first-order valence-corrected chi connectivity index (χ1v) is 7.44. The third-order valence-corrected chi connectivity index (χ3v) is 4.15. The van der Waals surface area contributed by atoms with Gasteiger partial charge in [0.2, 0.25) is 0 Å². The van der Waals surface area contributed by atoms with Crippen LogP contribution in [0.4, 0.5) is 5.69 Å². The minimum atomic E-state index is 0.0996. The highest BCUT2D eigenvalue weighted by Crippen LogP contribution is 2.29. The van der Waals surface area contributed by atoms with Crippen LogP contribution in [0.5, 0.6) is 0 Å². The third kappa shape index (κ3) is 3.89. The van der Waals surface area contributed by atoms with Crippen molar-refractivity contribution >= 4 is 39.1 Å². The van der Waals surface area contributed by atoms with E-state index in [1.165, 1.54) is 0 Å². The van der Waals surface area contributed by atoms with Crippen LogP contribution >= 0.6 is 27.5 Å². The van der Waals surface area contributed by atoms with Gasteiger partial charge in [0.25, 0.3) is 0 Å². The molecule has 0 saturated carbocycles. The Bertz CT molecular complexity index is 671. The molecule has 0 aliphatic heterocycles. The highest BCUT2D eigenvalue weighted by atomic mass is 79.9. The third-order valence-electron chi connectivity index (χ3n) is 3.09. The summed E-state index contributed by atoms with van der Waals surface area (Å²) in [6.45, 7) is 2.61. The Kier molecular flexibility index (Phi) is 5.09. The van der Waals surface area contributed by atoms with Crippen molar-refractivity contribution in [3.05, 3.63) is 62.6 Å². The zero-order valence-electron chi connectivity index (χ0n) is 11.4. The normalized spacial score (nSPS) is 11.5. The van der Waals surface area contributed by atoms with Crippen LogP contribution in [0, 0.1) is 6.92 Å². The topological polar surface area (TPSA) is 70.6 Å². The molecule has 0 aliphatic rings. The summed E-state index contributed by atoms with van der Waals surface area (Å²) in [5, 5.41) is 15.6. The quantitative estimate of drug-likeness (QED) is 0.329. The maximum atomic E-state index is 8.62. The van der Waals surface area contributed by atoms with Crippen molar-refractivity contribution in [2.75, 3.05) is 5.32 Å². The summed E-state index contributed by atoms with van der Waals surface area (Å²) in [7, 11) is 0. The molecule has 0 radical (unpaired) electrons. The lowest BCUT2D eigenvalue weighted by molar-refractivity contribution is 0.318. The summed E-state index contributed by atoms with van der Waals surface area (Å²) in [4.78, 5) is 0. The average Bonchev–Trinajstić information content (AvgIpc) is 2.49. The zero-order valence-corrected chi connectivity index (χ0v) is 13.7. The SMILES string of the molecule is Cc1cc(Br)c(NCc2ccc(/C(N)=N/O)cc2)cc1Cl. The van der Waals surface area contributed by atoms with Crippen LogP contribution in [0.25, 0.3) is 0 Å². The predicted octanol–water partition coefficient (Wildman–Crippen LogP) is 4.12. The van der Waals surface area contributed by atoms with Crippen molar-refractivity contribution in [3.8, 4) is 0 Å². The van der Waals surface area contributed by atoms with Gasteiger partial charge in [-0.15, -0.1) is 0 Å². The van der Waals surface area contributed by atoms with Crippen molar-refractivity contribution in [2.45, 2.75) is 13.5 Å². The molecule has 110 valence electrons. The standard InChI is InChI=1S/C15H15BrClN3O/c1-9-6-12(16)14(7-13(9)17)19-8-10-2-4-11(5-3-10)15(18)20-21/h2-7,19,21H,8H2,1H3,(H2,18,20). The highest BCUT2D eigenvalue weighted by molar-refractivity contribution is 9.10. The number of nitrogens with two attached hydrogens (primary N) is 1. The van der Waals surface area contributed by atoms with Crippen LogP contribution in [0.15, 0.2) is 46.0 Å². The summed E-state index contributed by atoms with van der Waals surface area (Å²) >= 11 is 9.64. The molecule has 21 heavy (non-hydrogen) atoms.